The van der Waals surface area contributed by atoms with Gasteiger partial charge in [-0.1, -0.05) is 0 Å². The lowest BCUT2D eigenvalue weighted by Crippen LogP contribution is -2.45. The third kappa shape index (κ3) is 3.96. The predicted octanol–water partition coefficient (Wildman–Crippen LogP) is 0.766. The number of rotatable bonds is 3. The van der Waals surface area contributed by atoms with Gasteiger partial charge in [0.05, 0.1) is 22.1 Å². The molecule has 2 N–H and O–H groups in total. The Labute approximate surface area is 200 Å². The summed E-state index contributed by atoms with van der Waals surface area (Å²) >= 11 is 0. The molecule has 2 aliphatic heterocycles. The van der Waals surface area contributed by atoms with Gasteiger partial charge >= 0.3 is 5.69 Å². The van der Waals surface area contributed by atoms with Crippen molar-refractivity contribution in [3.05, 3.63) is 51.6 Å². The molecule has 0 aliphatic carbocycles. The van der Waals surface area contributed by atoms with Crippen molar-refractivity contribution in [3.63, 3.8) is 0 Å². The van der Waals surface area contributed by atoms with Crippen molar-refractivity contribution in [1.29, 1.82) is 0 Å². The fourth-order valence-corrected chi connectivity index (χ4v) is 4.99. The molecule has 6 rings (SSSR count). The van der Waals surface area contributed by atoms with E-state index in [9.17, 15) is 9.59 Å². The number of pyridine rings is 2. The van der Waals surface area contributed by atoms with Gasteiger partial charge in [0.25, 0.3) is 5.56 Å². The summed E-state index contributed by atoms with van der Waals surface area (Å²) in [6, 6.07) is 3.71. The number of aromatic nitrogens is 6. The van der Waals surface area contributed by atoms with E-state index in [4.69, 9.17) is 4.98 Å². The molecule has 6 heterocycles. The van der Waals surface area contributed by atoms with Crippen LogP contribution in [0.2, 0.25) is 0 Å². The number of fused-ring (bicyclic) bond motifs is 3. The molecule has 0 atom stereocenters. The Morgan fingerprint density at radius 1 is 0.943 bits per heavy atom. The molecule has 180 valence electrons. The molecular formula is C24H27N9O2. The van der Waals surface area contributed by atoms with Crippen LogP contribution in [0.5, 0.6) is 0 Å². The monoisotopic (exact) mass is 473 g/mol. The zero-order chi connectivity index (χ0) is 23.9. The Balaban J connectivity index is 1.46. The number of hydrogen-bond donors (Lipinski definition) is 2. The van der Waals surface area contributed by atoms with Gasteiger partial charge in [0.15, 0.2) is 0 Å². The van der Waals surface area contributed by atoms with E-state index >= 15 is 0 Å². The summed E-state index contributed by atoms with van der Waals surface area (Å²) in [4.78, 5) is 51.1. The molecule has 0 radical (unpaired) electrons. The fourth-order valence-electron chi connectivity index (χ4n) is 4.99. The van der Waals surface area contributed by atoms with Crippen LogP contribution in [0, 0.1) is 0 Å². The zero-order valence-electron chi connectivity index (χ0n) is 19.6. The number of likely N-dealkylation sites (N-methyl/N-ethyl adjacent to an activating group) is 1. The van der Waals surface area contributed by atoms with Gasteiger partial charge in [-0.15, -0.1) is 0 Å². The Hall–Kier alpha value is -3.70. The maximum absolute atomic E-state index is 13.0. The van der Waals surface area contributed by atoms with Crippen molar-refractivity contribution in [2.75, 3.05) is 51.2 Å². The number of hydrogen-bond acceptors (Lipinski definition) is 9. The van der Waals surface area contributed by atoms with E-state index < -0.39 is 11.2 Å². The van der Waals surface area contributed by atoms with E-state index in [2.05, 4.69) is 42.1 Å². The molecule has 0 unspecified atom stereocenters. The van der Waals surface area contributed by atoms with Gasteiger partial charge in [0.1, 0.15) is 5.52 Å². The second-order valence-electron chi connectivity index (χ2n) is 9.26. The van der Waals surface area contributed by atoms with Crippen molar-refractivity contribution >= 4 is 27.9 Å². The highest BCUT2D eigenvalue weighted by atomic mass is 16.2. The van der Waals surface area contributed by atoms with Crippen LogP contribution < -0.4 is 21.5 Å². The lowest BCUT2D eigenvalue weighted by atomic mass is 10.1. The van der Waals surface area contributed by atoms with Gasteiger partial charge in [-0.05, 0) is 45.1 Å². The summed E-state index contributed by atoms with van der Waals surface area (Å²) in [5.74, 6) is 0.709. The highest BCUT2D eigenvalue weighted by Crippen LogP contribution is 2.27. The van der Waals surface area contributed by atoms with Crippen LogP contribution in [-0.4, -0.2) is 80.7 Å². The molecule has 0 bridgehead atoms. The average molecular weight is 474 g/mol. The van der Waals surface area contributed by atoms with E-state index in [1.54, 1.807) is 17.0 Å². The lowest BCUT2D eigenvalue weighted by Gasteiger charge is -2.32. The second kappa shape index (κ2) is 8.82. The van der Waals surface area contributed by atoms with E-state index in [1.807, 2.05) is 12.1 Å². The van der Waals surface area contributed by atoms with Crippen LogP contribution in [0.3, 0.4) is 0 Å². The first-order valence-corrected chi connectivity index (χ1v) is 12.0. The Kier molecular flexibility index (Phi) is 5.50. The number of anilines is 1. The fraction of sp³-hybridized carbons (Fsp3) is 0.417. The molecule has 4 aromatic rings. The number of nitrogens with zero attached hydrogens (tertiary/aromatic N) is 7. The first-order chi connectivity index (χ1) is 17.1. The average Bonchev–Trinajstić information content (AvgIpc) is 2.89. The molecule has 0 spiro atoms. The van der Waals surface area contributed by atoms with Crippen molar-refractivity contribution in [1.82, 2.24) is 39.7 Å². The van der Waals surface area contributed by atoms with Crippen LogP contribution >= 0.6 is 0 Å². The summed E-state index contributed by atoms with van der Waals surface area (Å²) < 4.78 is 1.70. The zero-order valence-corrected chi connectivity index (χ0v) is 19.6. The Bertz CT molecular complexity index is 1500. The minimum atomic E-state index is -0.448. The highest BCUT2D eigenvalue weighted by Gasteiger charge is 2.22. The largest absolute Gasteiger partial charge is 0.338 e. The van der Waals surface area contributed by atoms with Crippen LogP contribution in [0.4, 0.5) is 5.95 Å². The maximum Gasteiger partial charge on any atom is 0.329 e. The summed E-state index contributed by atoms with van der Waals surface area (Å²) in [5.41, 5.74) is 2.27. The summed E-state index contributed by atoms with van der Waals surface area (Å²) in [5, 5.41) is 3.69. The summed E-state index contributed by atoms with van der Waals surface area (Å²) in [7, 11) is 2.11. The van der Waals surface area contributed by atoms with Gasteiger partial charge in [0.2, 0.25) is 5.95 Å². The second-order valence-corrected chi connectivity index (χ2v) is 9.26. The van der Waals surface area contributed by atoms with E-state index in [-0.39, 0.29) is 6.04 Å². The van der Waals surface area contributed by atoms with Gasteiger partial charge in [-0.25, -0.2) is 19.7 Å². The number of piperidine rings is 1. The molecule has 11 heteroatoms. The van der Waals surface area contributed by atoms with Gasteiger partial charge in [0, 0.05) is 56.4 Å². The van der Waals surface area contributed by atoms with Crippen LogP contribution in [-0.2, 0) is 0 Å². The number of piperazine rings is 1. The quantitative estimate of drug-likeness (QED) is 0.415. The van der Waals surface area contributed by atoms with Crippen LogP contribution in [0.1, 0.15) is 18.9 Å². The lowest BCUT2D eigenvalue weighted by molar-refractivity contribution is 0.311. The topological polar surface area (TPSA) is 125 Å². The molecule has 2 fully saturated rings. The van der Waals surface area contributed by atoms with Crippen molar-refractivity contribution in [2.24, 2.45) is 0 Å². The van der Waals surface area contributed by atoms with E-state index in [1.165, 1.54) is 6.20 Å². The maximum atomic E-state index is 13.0. The standard InChI is InChI=1S/C24H27N9O2/c1-31-8-10-32(11-9-31)23-27-12-15(13-28-23)18-2-3-19-20(29-18)21-17(14-26-19)22(34)30-24(35)33(21)16-4-6-25-7-5-16/h2-3,12-14,16,25H,4-11H2,1H3,(H,30,34,35). The minimum Gasteiger partial charge on any atom is -0.338 e. The number of H-pyrrole nitrogens is 1. The van der Waals surface area contributed by atoms with Gasteiger partial charge < -0.3 is 15.1 Å². The van der Waals surface area contributed by atoms with Crippen LogP contribution in [0.25, 0.3) is 33.2 Å². The molecule has 2 saturated heterocycles. The van der Waals surface area contributed by atoms with Crippen molar-refractivity contribution in [3.8, 4) is 11.3 Å². The molecular weight excluding hydrogens is 446 g/mol. The van der Waals surface area contributed by atoms with Crippen molar-refractivity contribution in [2.45, 2.75) is 18.9 Å². The highest BCUT2D eigenvalue weighted by molar-refractivity contribution is 6.01. The van der Waals surface area contributed by atoms with E-state index in [0.717, 1.165) is 57.7 Å². The van der Waals surface area contributed by atoms with Gasteiger partial charge in [-0.2, -0.15) is 0 Å². The van der Waals surface area contributed by atoms with Crippen LogP contribution in [0.15, 0.2) is 40.3 Å². The first-order valence-electron chi connectivity index (χ1n) is 12.0. The Morgan fingerprint density at radius 3 is 2.43 bits per heavy atom. The predicted molar refractivity (Wildman–Crippen MR) is 134 cm³/mol. The minimum absolute atomic E-state index is 0.0228. The van der Waals surface area contributed by atoms with Gasteiger partial charge in [-0.3, -0.25) is 19.3 Å². The first kappa shape index (κ1) is 21.8. The third-order valence-corrected chi connectivity index (χ3v) is 7.00. The third-order valence-electron chi connectivity index (χ3n) is 7.00. The molecule has 0 amide bonds. The van der Waals surface area contributed by atoms with Crippen molar-refractivity contribution < 1.29 is 0 Å². The molecule has 4 aromatic heterocycles. The number of nitrogens with one attached hydrogen (secondary N) is 2. The molecule has 0 saturated carbocycles. The number of aromatic amines is 1. The molecule has 11 nitrogen and oxygen atoms in total. The molecule has 35 heavy (non-hydrogen) atoms. The summed E-state index contributed by atoms with van der Waals surface area (Å²) in [6.07, 6.45) is 6.68. The summed E-state index contributed by atoms with van der Waals surface area (Å²) in [6.45, 7) is 5.38. The Morgan fingerprint density at radius 2 is 1.69 bits per heavy atom. The normalized spacial score (nSPS) is 17.9. The molecule has 2 aliphatic rings. The molecule has 0 aromatic carbocycles. The van der Waals surface area contributed by atoms with E-state index in [0.29, 0.717) is 33.6 Å². The SMILES string of the molecule is CN1CCN(c2ncc(-c3ccc4ncc5c(=O)[nH]c(=O)n(C6CCNCC6)c5c4n3)cn2)CC1. The smallest absolute Gasteiger partial charge is 0.329 e.